The Morgan fingerprint density at radius 3 is 2.52 bits per heavy atom. The lowest BCUT2D eigenvalue weighted by atomic mass is 10.1. The number of benzene rings is 2. The highest BCUT2D eigenvalue weighted by atomic mass is 32.2. The van der Waals surface area contributed by atoms with Gasteiger partial charge in [-0.05, 0) is 55.3 Å². The van der Waals surface area contributed by atoms with Crippen LogP contribution >= 0.6 is 0 Å². The number of nitrogens with one attached hydrogen (secondary N) is 2. The molecule has 1 aromatic heterocycles. The first-order valence-corrected chi connectivity index (χ1v) is 10.5. The molecule has 9 heteroatoms. The fourth-order valence-electron chi connectivity index (χ4n) is 2.64. The normalized spacial score (nSPS) is 10.8. The van der Waals surface area contributed by atoms with E-state index < -0.39 is 32.9 Å². The van der Waals surface area contributed by atoms with Crippen molar-refractivity contribution in [3.8, 4) is 11.8 Å². The number of sulfonamides is 1. The number of hydrogen-bond acceptors (Lipinski definition) is 5. The maximum atomic E-state index is 14.9. The lowest BCUT2D eigenvalue weighted by Crippen LogP contribution is -2.15. The van der Waals surface area contributed by atoms with Crippen molar-refractivity contribution in [2.45, 2.75) is 18.7 Å². The third-order valence-corrected chi connectivity index (χ3v) is 5.92. The number of aromatic nitrogens is 1. The molecule has 2 aromatic carbocycles. The van der Waals surface area contributed by atoms with Gasteiger partial charge >= 0.3 is 0 Å². The smallest absolute Gasteiger partial charge is 0.261 e. The molecule has 4 N–H and O–H groups in total. The van der Waals surface area contributed by atoms with Gasteiger partial charge in [0.25, 0.3) is 10.0 Å². The van der Waals surface area contributed by atoms with Crippen LogP contribution in [0.4, 0.5) is 20.3 Å². The molecule has 0 atom stereocenters. The summed E-state index contributed by atoms with van der Waals surface area (Å²) in [5.41, 5.74) is 6.83. The average Bonchev–Trinajstić information content (AvgIpc) is 2.73. The Hall–Kier alpha value is -3.77. The summed E-state index contributed by atoms with van der Waals surface area (Å²) in [7, 11) is -4.10. The van der Waals surface area contributed by atoms with Crippen molar-refractivity contribution in [1.82, 2.24) is 4.98 Å². The van der Waals surface area contributed by atoms with Gasteiger partial charge in [0, 0.05) is 23.5 Å². The summed E-state index contributed by atoms with van der Waals surface area (Å²) in [6.45, 7) is 3.60. The summed E-state index contributed by atoms with van der Waals surface area (Å²) < 4.78 is 56.5. The third kappa shape index (κ3) is 4.70. The van der Waals surface area contributed by atoms with E-state index in [4.69, 9.17) is 11.1 Å². The molecule has 31 heavy (non-hydrogen) atoms. The lowest BCUT2D eigenvalue weighted by molar-refractivity contribution is 0.578. The molecule has 0 bridgehead atoms. The highest BCUT2D eigenvalue weighted by Crippen LogP contribution is 2.24. The summed E-state index contributed by atoms with van der Waals surface area (Å²) in [6, 6.07) is 7.88. The second kappa shape index (κ2) is 8.53. The molecular formula is C22H18F2N4O2S. The van der Waals surface area contributed by atoms with Crippen LogP contribution < -0.4 is 10.5 Å². The highest BCUT2D eigenvalue weighted by Gasteiger charge is 2.20. The molecule has 3 rings (SSSR count). The van der Waals surface area contributed by atoms with Crippen LogP contribution in [-0.4, -0.2) is 19.6 Å². The Kier molecular flexibility index (Phi) is 6.04. The minimum atomic E-state index is -4.10. The molecule has 0 saturated carbocycles. The Morgan fingerprint density at radius 1 is 1.10 bits per heavy atom. The summed E-state index contributed by atoms with van der Waals surface area (Å²) in [6.07, 6.45) is 2.29. The third-order valence-electron chi connectivity index (χ3n) is 4.56. The first kappa shape index (κ1) is 21.9. The van der Waals surface area contributed by atoms with Crippen molar-refractivity contribution < 1.29 is 17.2 Å². The molecule has 0 amide bonds. The van der Waals surface area contributed by atoms with Gasteiger partial charge in [-0.1, -0.05) is 17.9 Å². The van der Waals surface area contributed by atoms with Gasteiger partial charge in [0.05, 0.1) is 16.1 Å². The molecule has 0 spiro atoms. The topological polar surface area (TPSA) is 109 Å². The van der Waals surface area contributed by atoms with Gasteiger partial charge in [-0.3, -0.25) is 4.72 Å². The molecule has 0 saturated heterocycles. The standard InChI is InChI=1S/C22H18F2N4O2S/c1-13-3-5-17(9-14(13)2)31(29,30)28-20-8-7-19(23)18(21(20)24)6-4-15-10-16(11-25)22(26)27-12-15/h3,5,7-12,25,28H,1-2H3,(H2,26,27). The summed E-state index contributed by atoms with van der Waals surface area (Å²) in [4.78, 5) is 3.82. The van der Waals surface area contributed by atoms with E-state index in [9.17, 15) is 17.2 Å². The predicted molar refractivity (Wildman–Crippen MR) is 116 cm³/mol. The summed E-state index contributed by atoms with van der Waals surface area (Å²) in [5.74, 6) is 2.94. The van der Waals surface area contributed by atoms with Gasteiger partial charge in [-0.2, -0.15) is 0 Å². The fraction of sp³-hybridized carbons (Fsp3) is 0.0909. The molecule has 0 aliphatic rings. The van der Waals surface area contributed by atoms with Gasteiger partial charge in [-0.15, -0.1) is 0 Å². The van der Waals surface area contributed by atoms with Gasteiger partial charge in [-0.25, -0.2) is 22.2 Å². The molecule has 3 aromatic rings. The Bertz CT molecular complexity index is 1360. The zero-order chi connectivity index (χ0) is 22.8. The Morgan fingerprint density at radius 2 is 1.84 bits per heavy atom. The maximum absolute atomic E-state index is 14.9. The monoisotopic (exact) mass is 440 g/mol. The minimum absolute atomic E-state index is 0.0425. The van der Waals surface area contributed by atoms with Gasteiger partial charge < -0.3 is 11.1 Å². The molecule has 0 radical (unpaired) electrons. The van der Waals surface area contributed by atoms with Crippen molar-refractivity contribution >= 4 is 27.7 Å². The van der Waals surface area contributed by atoms with Crippen LogP contribution in [0.25, 0.3) is 0 Å². The second-order valence-electron chi connectivity index (χ2n) is 6.73. The molecule has 0 unspecified atom stereocenters. The maximum Gasteiger partial charge on any atom is 0.261 e. The van der Waals surface area contributed by atoms with Crippen LogP contribution in [0.5, 0.6) is 0 Å². The van der Waals surface area contributed by atoms with Crippen molar-refractivity contribution in [2.24, 2.45) is 0 Å². The van der Waals surface area contributed by atoms with Gasteiger partial charge in [0.15, 0.2) is 5.82 Å². The van der Waals surface area contributed by atoms with Gasteiger partial charge in [0.2, 0.25) is 0 Å². The Labute approximate surface area is 178 Å². The zero-order valence-corrected chi connectivity index (χ0v) is 17.4. The van der Waals surface area contributed by atoms with Crippen LogP contribution in [0.1, 0.15) is 27.8 Å². The number of aryl methyl sites for hydroxylation is 2. The van der Waals surface area contributed by atoms with Crippen LogP contribution in [-0.2, 0) is 10.0 Å². The van der Waals surface area contributed by atoms with Crippen LogP contribution in [0, 0.1) is 42.7 Å². The van der Waals surface area contributed by atoms with Crippen molar-refractivity contribution in [3.05, 3.63) is 82.0 Å². The summed E-state index contributed by atoms with van der Waals surface area (Å²) >= 11 is 0. The van der Waals surface area contributed by atoms with Crippen LogP contribution in [0.2, 0.25) is 0 Å². The Balaban J connectivity index is 1.98. The largest absolute Gasteiger partial charge is 0.383 e. The molecule has 0 aliphatic heterocycles. The highest BCUT2D eigenvalue weighted by molar-refractivity contribution is 7.92. The number of nitrogen functional groups attached to an aromatic ring is 1. The zero-order valence-electron chi connectivity index (χ0n) is 16.6. The van der Waals surface area contributed by atoms with Crippen molar-refractivity contribution in [3.63, 3.8) is 0 Å². The van der Waals surface area contributed by atoms with E-state index in [0.29, 0.717) is 5.56 Å². The SMILES string of the molecule is Cc1ccc(S(=O)(=O)Nc2ccc(F)c(C#Cc3cnc(N)c(C=N)c3)c2F)cc1C. The van der Waals surface area contributed by atoms with E-state index in [2.05, 4.69) is 21.5 Å². The van der Waals surface area contributed by atoms with E-state index in [0.717, 1.165) is 29.5 Å². The minimum Gasteiger partial charge on any atom is -0.383 e. The number of rotatable bonds is 4. The van der Waals surface area contributed by atoms with E-state index in [1.165, 1.54) is 24.4 Å². The number of nitrogens with zero attached hydrogens (tertiary/aromatic N) is 1. The predicted octanol–water partition coefficient (Wildman–Crippen LogP) is 3.76. The molecule has 0 fully saturated rings. The number of pyridine rings is 1. The molecule has 158 valence electrons. The van der Waals surface area contributed by atoms with Crippen LogP contribution in [0.3, 0.4) is 0 Å². The molecule has 1 heterocycles. The number of anilines is 2. The molecule has 0 aliphatic carbocycles. The molecule has 6 nitrogen and oxygen atoms in total. The summed E-state index contributed by atoms with van der Waals surface area (Å²) in [5, 5.41) is 7.27. The van der Waals surface area contributed by atoms with E-state index >= 15 is 0 Å². The first-order chi connectivity index (χ1) is 14.6. The fourth-order valence-corrected chi connectivity index (χ4v) is 3.79. The quantitative estimate of drug-likeness (QED) is 0.424. The lowest BCUT2D eigenvalue weighted by Gasteiger charge is -2.11. The van der Waals surface area contributed by atoms with Gasteiger partial charge in [0.1, 0.15) is 11.6 Å². The number of nitrogens with two attached hydrogens (primary N) is 1. The van der Waals surface area contributed by atoms with Crippen LogP contribution in [0.15, 0.2) is 47.5 Å². The molecular weight excluding hydrogens is 422 g/mol. The average molecular weight is 440 g/mol. The first-order valence-electron chi connectivity index (χ1n) is 8.98. The number of hydrogen-bond donors (Lipinski definition) is 3. The second-order valence-corrected chi connectivity index (χ2v) is 8.41. The van der Waals surface area contributed by atoms with Crippen molar-refractivity contribution in [1.29, 1.82) is 5.41 Å². The number of halogens is 2. The van der Waals surface area contributed by atoms with Crippen molar-refractivity contribution in [2.75, 3.05) is 10.5 Å². The van der Waals surface area contributed by atoms with E-state index in [-0.39, 0.29) is 16.3 Å². The van der Waals surface area contributed by atoms with E-state index in [1.54, 1.807) is 13.0 Å². The van der Waals surface area contributed by atoms with E-state index in [1.807, 2.05) is 6.92 Å².